The van der Waals surface area contributed by atoms with E-state index in [-0.39, 0.29) is 0 Å². The summed E-state index contributed by atoms with van der Waals surface area (Å²) in [6.45, 7) is 1.00. The molecule has 0 bridgehead atoms. The topological polar surface area (TPSA) is 44.9 Å². The molecule has 0 spiro atoms. The molecular weight excluding hydrogens is 236 g/mol. The Labute approximate surface area is 113 Å². The van der Waals surface area contributed by atoms with Gasteiger partial charge in [-0.1, -0.05) is 0 Å². The predicted molar refractivity (Wildman–Crippen MR) is 75.0 cm³/mol. The minimum Gasteiger partial charge on any atom is -0.325 e. The Bertz CT molecular complexity index is 644. The Morgan fingerprint density at radius 1 is 1.42 bits per heavy atom. The SMILES string of the molecule is CN(C)CCc1nc2cc(C#N)ccc2n1C1CC1. The van der Waals surface area contributed by atoms with E-state index in [9.17, 15) is 0 Å². The molecule has 3 rings (SSSR count). The number of nitriles is 1. The molecule has 98 valence electrons. The van der Waals surface area contributed by atoms with Gasteiger partial charge in [0.1, 0.15) is 5.82 Å². The molecule has 0 unspecified atom stereocenters. The van der Waals surface area contributed by atoms with Gasteiger partial charge in [-0.3, -0.25) is 0 Å². The first kappa shape index (κ1) is 12.2. The van der Waals surface area contributed by atoms with Gasteiger partial charge < -0.3 is 9.47 Å². The van der Waals surface area contributed by atoms with Crippen molar-refractivity contribution < 1.29 is 0 Å². The third-order valence-electron chi connectivity index (χ3n) is 3.59. The van der Waals surface area contributed by atoms with Crippen LogP contribution in [-0.4, -0.2) is 35.1 Å². The van der Waals surface area contributed by atoms with Crippen molar-refractivity contribution in [1.29, 1.82) is 5.26 Å². The van der Waals surface area contributed by atoms with Crippen molar-refractivity contribution in [2.75, 3.05) is 20.6 Å². The van der Waals surface area contributed by atoms with E-state index in [1.807, 2.05) is 18.2 Å². The molecule has 0 saturated heterocycles. The molecule has 2 aromatic rings. The van der Waals surface area contributed by atoms with Gasteiger partial charge in [-0.2, -0.15) is 5.26 Å². The van der Waals surface area contributed by atoms with Crippen LogP contribution in [0.4, 0.5) is 0 Å². The van der Waals surface area contributed by atoms with Crippen LogP contribution in [0.25, 0.3) is 11.0 Å². The fourth-order valence-electron chi connectivity index (χ4n) is 2.46. The van der Waals surface area contributed by atoms with Crippen molar-refractivity contribution in [3.05, 3.63) is 29.6 Å². The summed E-state index contributed by atoms with van der Waals surface area (Å²) < 4.78 is 2.37. The van der Waals surface area contributed by atoms with Gasteiger partial charge in [-0.25, -0.2) is 4.98 Å². The zero-order valence-corrected chi connectivity index (χ0v) is 11.4. The maximum absolute atomic E-state index is 8.98. The number of rotatable bonds is 4. The van der Waals surface area contributed by atoms with E-state index < -0.39 is 0 Å². The summed E-state index contributed by atoms with van der Waals surface area (Å²) in [5, 5.41) is 8.98. The molecule has 0 atom stereocenters. The lowest BCUT2D eigenvalue weighted by Crippen LogP contribution is -2.17. The summed E-state index contributed by atoms with van der Waals surface area (Å²) in [4.78, 5) is 6.92. The summed E-state index contributed by atoms with van der Waals surface area (Å²) in [6, 6.07) is 8.63. The van der Waals surface area contributed by atoms with Gasteiger partial charge in [0.05, 0.1) is 22.7 Å². The highest BCUT2D eigenvalue weighted by molar-refractivity contribution is 5.78. The summed E-state index contributed by atoms with van der Waals surface area (Å²) in [6.07, 6.45) is 3.46. The van der Waals surface area contributed by atoms with Crippen molar-refractivity contribution in [2.45, 2.75) is 25.3 Å². The third-order valence-corrected chi connectivity index (χ3v) is 3.59. The van der Waals surface area contributed by atoms with Crippen LogP contribution in [0, 0.1) is 11.3 Å². The van der Waals surface area contributed by atoms with Crippen LogP contribution < -0.4 is 0 Å². The quantitative estimate of drug-likeness (QED) is 0.841. The Morgan fingerprint density at radius 2 is 2.21 bits per heavy atom. The number of imidazole rings is 1. The van der Waals surface area contributed by atoms with E-state index in [4.69, 9.17) is 10.2 Å². The number of aromatic nitrogens is 2. The van der Waals surface area contributed by atoms with Gasteiger partial charge in [0.2, 0.25) is 0 Å². The second-order valence-corrected chi connectivity index (χ2v) is 5.50. The molecular formula is C15H18N4. The van der Waals surface area contributed by atoms with Crippen molar-refractivity contribution in [1.82, 2.24) is 14.5 Å². The van der Waals surface area contributed by atoms with Crippen molar-refractivity contribution in [3.8, 4) is 6.07 Å². The van der Waals surface area contributed by atoms with E-state index in [1.54, 1.807) is 0 Å². The summed E-state index contributed by atoms with van der Waals surface area (Å²) >= 11 is 0. The normalized spacial score (nSPS) is 15.1. The van der Waals surface area contributed by atoms with Crippen LogP contribution >= 0.6 is 0 Å². The number of benzene rings is 1. The van der Waals surface area contributed by atoms with E-state index in [1.165, 1.54) is 18.4 Å². The van der Waals surface area contributed by atoms with Gasteiger partial charge in [0, 0.05) is 19.0 Å². The molecule has 1 aromatic carbocycles. The molecule has 4 heteroatoms. The van der Waals surface area contributed by atoms with Crippen LogP contribution in [0.15, 0.2) is 18.2 Å². The fourth-order valence-corrected chi connectivity index (χ4v) is 2.46. The maximum Gasteiger partial charge on any atom is 0.111 e. The minimum atomic E-state index is 0.620. The van der Waals surface area contributed by atoms with Crippen LogP contribution in [0.2, 0.25) is 0 Å². The van der Waals surface area contributed by atoms with E-state index in [0.29, 0.717) is 11.6 Å². The van der Waals surface area contributed by atoms with E-state index in [2.05, 4.69) is 29.6 Å². The third kappa shape index (κ3) is 2.34. The first-order valence-corrected chi connectivity index (χ1v) is 6.74. The molecule has 0 aliphatic heterocycles. The molecule has 1 aliphatic rings. The van der Waals surface area contributed by atoms with Gasteiger partial charge in [0.15, 0.2) is 0 Å². The summed E-state index contributed by atoms with van der Waals surface area (Å²) in [5.41, 5.74) is 2.82. The molecule has 1 saturated carbocycles. The van der Waals surface area contributed by atoms with Crippen LogP contribution in [0.3, 0.4) is 0 Å². The van der Waals surface area contributed by atoms with Gasteiger partial charge in [-0.05, 0) is 45.1 Å². The molecule has 1 aromatic heterocycles. The Hall–Kier alpha value is -1.86. The Morgan fingerprint density at radius 3 is 2.84 bits per heavy atom. The zero-order valence-electron chi connectivity index (χ0n) is 11.4. The number of fused-ring (bicyclic) bond motifs is 1. The molecule has 19 heavy (non-hydrogen) atoms. The molecule has 4 nitrogen and oxygen atoms in total. The smallest absolute Gasteiger partial charge is 0.111 e. The second kappa shape index (κ2) is 4.67. The van der Waals surface area contributed by atoms with E-state index >= 15 is 0 Å². The standard InChI is InChI=1S/C15H18N4/c1-18(2)8-7-15-17-13-9-11(10-16)3-6-14(13)19(15)12-4-5-12/h3,6,9,12H,4-5,7-8H2,1-2H3. The molecule has 1 fully saturated rings. The predicted octanol–water partition coefficient (Wildman–Crippen LogP) is 2.35. The average molecular weight is 254 g/mol. The number of nitrogens with zero attached hydrogens (tertiary/aromatic N) is 4. The average Bonchev–Trinajstić information content (AvgIpc) is 3.16. The lowest BCUT2D eigenvalue weighted by molar-refractivity contribution is 0.406. The highest BCUT2D eigenvalue weighted by Gasteiger charge is 2.28. The zero-order chi connectivity index (χ0) is 13.4. The van der Waals surface area contributed by atoms with Gasteiger partial charge in [0.25, 0.3) is 0 Å². The molecule has 0 N–H and O–H groups in total. The molecule has 0 radical (unpaired) electrons. The lowest BCUT2D eigenvalue weighted by Gasteiger charge is -2.11. The van der Waals surface area contributed by atoms with Crippen LogP contribution in [-0.2, 0) is 6.42 Å². The lowest BCUT2D eigenvalue weighted by atomic mass is 10.2. The Balaban J connectivity index is 2.04. The fraction of sp³-hybridized carbons (Fsp3) is 0.467. The first-order chi connectivity index (χ1) is 9.19. The van der Waals surface area contributed by atoms with Crippen molar-refractivity contribution >= 4 is 11.0 Å². The second-order valence-electron chi connectivity index (χ2n) is 5.50. The first-order valence-electron chi connectivity index (χ1n) is 6.74. The van der Waals surface area contributed by atoms with Crippen LogP contribution in [0.1, 0.15) is 30.3 Å². The molecule has 1 heterocycles. The Kier molecular flexibility index (Phi) is 3.00. The van der Waals surface area contributed by atoms with Crippen molar-refractivity contribution in [2.24, 2.45) is 0 Å². The van der Waals surface area contributed by atoms with Gasteiger partial charge >= 0.3 is 0 Å². The monoisotopic (exact) mass is 254 g/mol. The highest BCUT2D eigenvalue weighted by Crippen LogP contribution is 2.38. The minimum absolute atomic E-state index is 0.620. The van der Waals surface area contributed by atoms with Crippen molar-refractivity contribution in [3.63, 3.8) is 0 Å². The largest absolute Gasteiger partial charge is 0.325 e. The molecule has 1 aliphatic carbocycles. The summed E-state index contributed by atoms with van der Waals surface area (Å²) in [7, 11) is 4.16. The number of likely N-dealkylation sites (N-methyl/N-ethyl adjacent to an activating group) is 1. The van der Waals surface area contributed by atoms with E-state index in [0.717, 1.165) is 24.3 Å². The highest BCUT2D eigenvalue weighted by atomic mass is 15.1. The summed E-state index contributed by atoms with van der Waals surface area (Å²) in [5.74, 6) is 1.15. The maximum atomic E-state index is 8.98. The number of hydrogen-bond donors (Lipinski definition) is 0. The van der Waals surface area contributed by atoms with Gasteiger partial charge in [-0.15, -0.1) is 0 Å². The van der Waals surface area contributed by atoms with Crippen LogP contribution in [0.5, 0.6) is 0 Å². The molecule has 0 amide bonds. The number of hydrogen-bond acceptors (Lipinski definition) is 3.